The lowest BCUT2D eigenvalue weighted by molar-refractivity contribution is -0.122. The molecule has 2 aromatic carbocycles. The zero-order valence-corrected chi connectivity index (χ0v) is 18.4. The van der Waals surface area contributed by atoms with Gasteiger partial charge >= 0.3 is 0 Å². The van der Waals surface area contributed by atoms with E-state index in [2.05, 4.69) is 5.32 Å². The number of aryl methyl sites for hydroxylation is 1. The van der Waals surface area contributed by atoms with Crippen molar-refractivity contribution in [2.75, 3.05) is 24.8 Å². The van der Waals surface area contributed by atoms with Crippen LogP contribution in [0.2, 0.25) is 0 Å². The van der Waals surface area contributed by atoms with E-state index < -0.39 is 22.0 Å². The highest BCUT2D eigenvalue weighted by Crippen LogP contribution is 2.33. The molecule has 2 rings (SSSR count). The maximum atomic E-state index is 12.9. The lowest BCUT2D eigenvalue weighted by Crippen LogP contribution is -2.48. The Hall–Kier alpha value is -2.74. The van der Waals surface area contributed by atoms with E-state index in [0.717, 1.165) is 21.7 Å². The van der Waals surface area contributed by atoms with Crippen molar-refractivity contribution in [3.05, 3.63) is 53.6 Å². The molecule has 7 nitrogen and oxygen atoms in total. The Morgan fingerprint density at radius 1 is 1.00 bits per heavy atom. The number of rotatable bonds is 8. The summed E-state index contributed by atoms with van der Waals surface area (Å²) in [5, 5.41) is 2.89. The third kappa shape index (κ3) is 5.41. The molecule has 1 N–H and O–H groups in total. The molecule has 0 radical (unpaired) electrons. The number of hydrogen-bond donors (Lipinski definition) is 1. The second-order valence-electron chi connectivity index (χ2n) is 6.92. The summed E-state index contributed by atoms with van der Waals surface area (Å²) in [4.78, 5) is 12.9. The Labute approximate surface area is 172 Å². The molecule has 0 bridgehead atoms. The number of carbonyl (C=O) groups excluding carboxylic acids is 1. The first-order chi connectivity index (χ1) is 13.6. The Morgan fingerprint density at radius 2 is 1.59 bits per heavy atom. The minimum atomic E-state index is -3.74. The van der Waals surface area contributed by atoms with Gasteiger partial charge in [0, 0.05) is 6.07 Å². The van der Waals surface area contributed by atoms with Crippen molar-refractivity contribution in [2.45, 2.75) is 32.9 Å². The largest absolute Gasteiger partial charge is 0.493 e. The van der Waals surface area contributed by atoms with Gasteiger partial charge in [-0.05, 0) is 38.5 Å². The van der Waals surface area contributed by atoms with Gasteiger partial charge < -0.3 is 14.8 Å². The molecular formula is C21H28N2O5S. The van der Waals surface area contributed by atoms with Gasteiger partial charge in [-0.3, -0.25) is 9.10 Å². The molecule has 158 valence electrons. The van der Waals surface area contributed by atoms with Crippen LogP contribution >= 0.6 is 0 Å². The predicted molar refractivity (Wildman–Crippen MR) is 114 cm³/mol. The minimum absolute atomic E-state index is 0.266. The van der Waals surface area contributed by atoms with Gasteiger partial charge in [0.25, 0.3) is 0 Å². The smallest absolute Gasteiger partial charge is 0.244 e. The second kappa shape index (κ2) is 9.17. The van der Waals surface area contributed by atoms with E-state index in [0.29, 0.717) is 17.2 Å². The Kier molecular flexibility index (Phi) is 7.13. The summed E-state index contributed by atoms with van der Waals surface area (Å²) in [5.74, 6) is 0.437. The molecule has 0 spiro atoms. The number of nitrogens with zero attached hydrogens (tertiary/aromatic N) is 1. The molecule has 29 heavy (non-hydrogen) atoms. The van der Waals surface area contributed by atoms with Crippen LogP contribution in [0, 0.1) is 6.92 Å². The quantitative estimate of drug-likeness (QED) is 0.710. The van der Waals surface area contributed by atoms with Crippen molar-refractivity contribution in [3.63, 3.8) is 0 Å². The number of methoxy groups -OCH3 is 2. The summed E-state index contributed by atoms with van der Waals surface area (Å²) >= 11 is 0. The molecule has 0 saturated carbocycles. The monoisotopic (exact) mass is 420 g/mol. The summed E-state index contributed by atoms with van der Waals surface area (Å²) in [7, 11) is -0.778. The molecule has 0 saturated heterocycles. The van der Waals surface area contributed by atoms with Crippen LogP contribution in [-0.2, 0) is 14.8 Å². The summed E-state index contributed by atoms with van der Waals surface area (Å²) in [6.07, 6.45) is 1.07. The molecule has 1 amide bonds. The van der Waals surface area contributed by atoms with Gasteiger partial charge in [0.2, 0.25) is 15.9 Å². The maximum absolute atomic E-state index is 12.9. The minimum Gasteiger partial charge on any atom is -0.493 e. The van der Waals surface area contributed by atoms with Crippen LogP contribution in [0.3, 0.4) is 0 Å². The van der Waals surface area contributed by atoms with Crippen molar-refractivity contribution < 1.29 is 22.7 Å². The molecule has 2 atom stereocenters. The first-order valence-electron chi connectivity index (χ1n) is 9.16. The van der Waals surface area contributed by atoms with Gasteiger partial charge in [0.05, 0.1) is 32.2 Å². The fourth-order valence-electron chi connectivity index (χ4n) is 3.04. The van der Waals surface area contributed by atoms with Crippen LogP contribution in [0.15, 0.2) is 42.5 Å². The van der Waals surface area contributed by atoms with Gasteiger partial charge in [-0.1, -0.05) is 29.8 Å². The SMILES string of the molecule is COc1ccc(N([C@@H](C)C(=O)N[C@@H](C)c2ccc(C)cc2)S(C)(=O)=O)cc1OC. The summed E-state index contributed by atoms with van der Waals surface area (Å²) < 4.78 is 36.5. The molecule has 0 aliphatic carbocycles. The topological polar surface area (TPSA) is 84.9 Å². The third-order valence-corrected chi connectivity index (χ3v) is 5.89. The normalized spacial score (nSPS) is 13.3. The van der Waals surface area contributed by atoms with Crippen LogP contribution in [0.25, 0.3) is 0 Å². The van der Waals surface area contributed by atoms with Gasteiger partial charge in [-0.25, -0.2) is 8.42 Å². The number of anilines is 1. The number of sulfonamides is 1. The highest BCUT2D eigenvalue weighted by molar-refractivity contribution is 7.92. The first-order valence-corrected chi connectivity index (χ1v) is 11.0. The van der Waals surface area contributed by atoms with Gasteiger partial charge in [-0.2, -0.15) is 0 Å². The number of carbonyl (C=O) groups is 1. The molecule has 0 aromatic heterocycles. The van der Waals surface area contributed by atoms with E-state index >= 15 is 0 Å². The van der Waals surface area contributed by atoms with Crippen LogP contribution in [0.4, 0.5) is 5.69 Å². The molecule has 0 unspecified atom stereocenters. The Morgan fingerprint density at radius 3 is 2.10 bits per heavy atom. The summed E-state index contributed by atoms with van der Waals surface area (Å²) in [5.41, 5.74) is 2.38. The molecule has 0 aliphatic rings. The van der Waals surface area contributed by atoms with Crippen molar-refractivity contribution in [1.29, 1.82) is 0 Å². The van der Waals surface area contributed by atoms with Crippen LogP contribution < -0.4 is 19.1 Å². The lowest BCUT2D eigenvalue weighted by atomic mass is 10.1. The highest BCUT2D eigenvalue weighted by atomic mass is 32.2. The Bertz CT molecular complexity index is 958. The van der Waals surface area contributed by atoms with Crippen molar-refractivity contribution in [2.24, 2.45) is 0 Å². The number of nitrogens with one attached hydrogen (secondary N) is 1. The van der Waals surface area contributed by atoms with Crippen molar-refractivity contribution in [3.8, 4) is 11.5 Å². The van der Waals surface area contributed by atoms with E-state index in [-0.39, 0.29) is 6.04 Å². The van der Waals surface area contributed by atoms with E-state index in [1.165, 1.54) is 20.3 Å². The van der Waals surface area contributed by atoms with Gasteiger partial charge in [-0.15, -0.1) is 0 Å². The van der Waals surface area contributed by atoms with Crippen LogP contribution in [0.5, 0.6) is 11.5 Å². The fourth-order valence-corrected chi connectivity index (χ4v) is 4.21. The molecular weight excluding hydrogens is 392 g/mol. The average molecular weight is 421 g/mol. The molecule has 0 fully saturated rings. The maximum Gasteiger partial charge on any atom is 0.244 e. The lowest BCUT2D eigenvalue weighted by Gasteiger charge is -2.29. The van der Waals surface area contributed by atoms with Gasteiger partial charge in [0.1, 0.15) is 6.04 Å². The Balaban J connectivity index is 2.30. The molecule has 0 aliphatic heterocycles. The van der Waals surface area contributed by atoms with Crippen molar-refractivity contribution >= 4 is 21.6 Å². The zero-order valence-electron chi connectivity index (χ0n) is 17.6. The van der Waals surface area contributed by atoms with E-state index in [9.17, 15) is 13.2 Å². The predicted octanol–water partition coefficient (Wildman–Crippen LogP) is 3.04. The summed E-state index contributed by atoms with van der Waals surface area (Å²) in [6.45, 7) is 5.40. The second-order valence-corrected chi connectivity index (χ2v) is 8.77. The molecule has 8 heteroatoms. The van der Waals surface area contributed by atoms with E-state index in [4.69, 9.17) is 9.47 Å². The molecule has 0 heterocycles. The van der Waals surface area contributed by atoms with Crippen LogP contribution in [0.1, 0.15) is 31.0 Å². The van der Waals surface area contributed by atoms with Crippen molar-refractivity contribution in [1.82, 2.24) is 5.32 Å². The van der Waals surface area contributed by atoms with E-state index in [1.807, 2.05) is 38.1 Å². The zero-order chi connectivity index (χ0) is 21.8. The number of benzene rings is 2. The van der Waals surface area contributed by atoms with Crippen LogP contribution in [-0.4, -0.2) is 40.8 Å². The van der Waals surface area contributed by atoms with Gasteiger partial charge in [0.15, 0.2) is 11.5 Å². The number of hydrogen-bond acceptors (Lipinski definition) is 5. The standard InChI is InChI=1S/C21H28N2O5S/c1-14-7-9-17(10-8-14)15(2)22-21(24)16(3)23(29(6,25)26)18-11-12-19(27-4)20(13-18)28-5/h7-13,15-16H,1-6H3,(H,22,24)/t15-,16-/m0/s1. The van der Waals surface area contributed by atoms with E-state index in [1.54, 1.807) is 19.1 Å². The first kappa shape index (κ1) is 22.5. The molecule has 2 aromatic rings. The summed E-state index contributed by atoms with van der Waals surface area (Å²) in [6, 6.07) is 11.3. The third-order valence-electron chi connectivity index (χ3n) is 4.65. The highest BCUT2D eigenvalue weighted by Gasteiger charge is 2.30. The number of ether oxygens (including phenoxy) is 2. The number of amides is 1. The fraction of sp³-hybridized carbons (Fsp3) is 0.381. The average Bonchev–Trinajstić information content (AvgIpc) is 2.67.